The number of hydrogen-bond acceptors (Lipinski definition) is 1. The van der Waals surface area contributed by atoms with E-state index in [0.717, 1.165) is 5.56 Å². The summed E-state index contributed by atoms with van der Waals surface area (Å²) in [5.74, 6) is -0.490. The highest BCUT2D eigenvalue weighted by Crippen LogP contribution is 2.32. The van der Waals surface area contributed by atoms with Crippen LogP contribution in [0.4, 0.5) is 0 Å². The molecule has 0 aliphatic rings. The van der Waals surface area contributed by atoms with Crippen LogP contribution in [-0.4, -0.2) is 5.24 Å². The molecule has 0 saturated heterocycles. The molecule has 0 saturated carbocycles. The van der Waals surface area contributed by atoms with E-state index in [4.69, 9.17) is 34.8 Å². The molecule has 2 unspecified atom stereocenters. The van der Waals surface area contributed by atoms with E-state index < -0.39 is 11.2 Å². The maximum atomic E-state index is 11.4. The van der Waals surface area contributed by atoms with Gasteiger partial charge in [-0.1, -0.05) is 42.3 Å². The number of benzene rings is 1. The summed E-state index contributed by atoms with van der Waals surface area (Å²) >= 11 is 17.3. The minimum absolute atomic E-state index is 0.0535. The van der Waals surface area contributed by atoms with Gasteiger partial charge in [0, 0.05) is 0 Å². The van der Waals surface area contributed by atoms with Crippen molar-refractivity contribution in [3.8, 4) is 0 Å². The van der Waals surface area contributed by atoms with Crippen molar-refractivity contribution in [2.45, 2.75) is 12.8 Å². The second-order valence-corrected chi connectivity index (χ2v) is 4.74. The summed E-state index contributed by atoms with van der Waals surface area (Å²) in [5.41, 5.74) is 0.752. The van der Waals surface area contributed by atoms with Gasteiger partial charge in [0.25, 0.3) is 0 Å². The quantitative estimate of drug-likeness (QED) is 0.577. The van der Waals surface area contributed by atoms with Gasteiger partial charge in [-0.05, 0) is 35.2 Å². The smallest absolute Gasteiger partial charge is 0.229 e. The molecule has 0 fully saturated rings. The second kappa shape index (κ2) is 5.72. The molecule has 0 spiro atoms. The monoisotopic (exact) mass is 276 g/mol. The summed E-state index contributed by atoms with van der Waals surface area (Å²) in [7, 11) is 0. The van der Waals surface area contributed by atoms with Crippen LogP contribution in [0.3, 0.4) is 0 Å². The Hall–Kier alpha value is -0.500. The largest absolute Gasteiger partial charge is 0.281 e. The van der Waals surface area contributed by atoms with Gasteiger partial charge in [-0.3, -0.25) is 4.79 Å². The Morgan fingerprint density at radius 1 is 1.38 bits per heavy atom. The third-order valence-electron chi connectivity index (χ3n) is 2.44. The molecule has 1 aromatic rings. The first-order chi connectivity index (χ1) is 7.47. The van der Waals surface area contributed by atoms with Gasteiger partial charge in [-0.15, -0.1) is 6.58 Å². The molecule has 1 nitrogen and oxygen atoms in total. The number of hydrogen-bond donors (Lipinski definition) is 0. The highest BCUT2D eigenvalue weighted by Gasteiger charge is 2.24. The lowest BCUT2D eigenvalue weighted by atomic mass is 9.88. The fraction of sp³-hybridized carbons (Fsp3) is 0.250. The van der Waals surface area contributed by atoms with Gasteiger partial charge < -0.3 is 0 Å². The summed E-state index contributed by atoms with van der Waals surface area (Å²) in [6.07, 6.45) is 1.69. The Morgan fingerprint density at radius 2 is 2.00 bits per heavy atom. The third-order valence-corrected chi connectivity index (χ3v) is 3.42. The molecule has 0 N–H and O–H groups in total. The van der Waals surface area contributed by atoms with Gasteiger partial charge in [0.05, 0.1) is 16.0 Å². The van der Waals surface area contributed by atoms with Crippen molar-refractivity contribution in [3.05, 3.63) is 46.5 Å². The normalized spacial score (nSPS) is 14.2. The molecule has 0 aliphatic heterocycles. The van der Waals surface area contributed by atoms with Crippen molar-refractivity contribution < 1.29 is 4.79 Å². The molecule has 86 valence electrons. The molecule has 0 bridgehead atoms. The van der Waals surface area contributed by atoms with Crippen LogP contribution in [-0.2, 0) is 4.79 Å². The van der Waals surface area contributed by atoms with Gasteiger partial charge in [0.2, 0.25) is 5.24 Å². The first-order valence-corrected chi connectivity index (χ1v) is 5.87. The van der Waals surface area contributed by atoms with Crippen molar-refractivity contribution in [2.24, 2.45) is 5.92 Å². The van der Waals surface area contributed by atoms with Crippen molar-refractivity contribution in [1.29, 1.82) is 0 Å². The Labute approximate surface area is 110 Å². The van der Waals surface area contributed by atoms with Crippen LogP contribution < -0.4 is 0 Å². The lowest BCUT2D eigenvalue weighted by molar-refractivity contribution is -0.113. The van der Waals surface area contributed by atoms with E-state index in [2.05, 4.69) is 6.58 Å². The topological polar surface area (TPSA) is 17.1 Å². The summed E-state index contributed by atoms with van der Waals surface area (Å²) in [6.45, 7) is 5.53. The summed E-state index contributed by atoms with van der Waals surface area (Å²) in [5, 5.41) is 0.446. The van der Waals surface area contributed by atoms with Crippen LogP contribution in [0.2, 0.25) is 10.0 Å². The van der Waals surface area contributed by atoms with E-state index in [1.54, 1.807) is 24.3 Å². The molecular formula is C12H11Cl3O. The molecule has 0 aromatic heterocycles. The summed E-state index contributed by atoms with van der Waals surface area (Å²) in [6, 6.07) is 5.07. The van der Waals surface area contributed by atoms with Gasteiger partial charge in [0.1, 0.15) is 0 Å². The molecular weight excluding hydrogens is 266 g/mol. The van der Waals surface area contributed by atoms with E-state index in [1.165, 1.54) is 0 Å². The second-order valence-electron chi connectivity index (χ2n) is 3.55. The molecule has 0 aliphatic carbocycles. The minimum atomic E-state index is -0.436. The van der Waals surface area contributed by atoms with Gasteiger partial charge in [-0.25, -0.2) is 0 Å². The van der Waals surface area contributed by atoms with Crippen LogP contribution in [0.1, 0.15) is 18.4 Å². The fourth-order valence-corrected chi connectivity index (χ4v) is 2.11. The van der Waals surface area contributed by atoms with E-state index in [9.17, 15) is 4.79 Å². The van der Waals surface area contributed by atoms with Gasteiger partial charge >= 0.3 is 0 Å². The third kappa shape index (κ3) is 3.00. The van der Waals surface area contributed by atoms with Crippen molar-refractivity contribution in [3.63, 3.8) is 0 Å². The molecule has 1 aromatic carbocycles. The predicted octanol–water partition coefficient (Wildman–Crippen LogP) is 4.66. The molecule has 0 heterocycles. The van der Waals surface area contributed by atoms with Crippen LogP contribution in [0.15, 0.2) is 30.9 Å². The molecule has 0 radical (unpaired) electrons. The summed E-state index contributed by atoms with van der Waals surface area (Å²) < 4.78 is 0. The van der Waals surface area contributed by atoms with Crippen LogP contribution >= 0.6 is 34.8 Å². The highest BCUT2D eigenvalue weighted by atomic mass is 35.5. The number of allylic oxidation sites excluding steroid dienone is 1. The Balaban J connectivity index is 3.16. The SMILES string of the molecule is C=CC(C)C(C(=O)Cl)c1ccc(Cl)c(Cl)c1. The van der Waals surface area contributed by atoms with Crippen molar-refractivity contribution >= 4 is 40.0 Å². The molecule has 0 amide bonds. The summed E-state index contributed by atoms with van der Waals surface area (Å²) in [4.78, 5) is 11.4. The number of carbonyl (C=O) groups is 1. The highest BCUT2D eigenvalue weighted by molar-refractivity contribution is 6.64. The molecule has 1 rings (SSSR count). The van der Waals surface area contributed by atoms with E-state index in [-0.39, 0.29) is 5.92 Å². The zero-order valence-electron chi connectivity index (χ0n) is 8.71. The maximum Gasteiger partial charge on any atom is 0.229 e. The van der Waals surface area contributed by atoms with Gasteiger partial charge in [0.15, 0.2) is 0 Å². The van der Waals surface area contributed by atoms with Gasteiger partial charge in [-0.2, -0.15) is 0 Å². The first-order valence-electron chi connectivity index (χ1n) is 4.74. The minimum Gasteiger partial charge on any atom is -0.281 e. The predicted molar refractivity (Wildman–Crippen MR) is 69.4 cm³/mol. The molecule has 4 heteroatoms. The zero-order chi connectivity index (χ0) is 12.3. The van der Waals surface area contributed by atoms with Crippen LogP contribution in [0.25, 0.3) is 0 Å². The van der Waals surface area contributed by atoms with Crippen LogP contribution in [0.5, 0.6) is 0 Å². The Morgan fingerprint density at radius 3 is 2.44 bits per heavy atom. The lowest BCUT2D eigenvalue weighted by Gasteiger charge is -2.18. The zero-order valence-corrected chi connectivity index (χ0v) is 11.0. The Bertz CT molecular complexity index is 415. The number of halogens is 3. The van der Waals surface area contributed by atoms with Crippen LogP contribution in [0, 0.1) is 5.92 Å². The number of carbonyl (C=O) groups excluding carboxylic acids is 1. The van der Waals surface area contributed by atoms with E-state index >= 15 is 0 Å². The first kappa shape index (κ1) is 13.6. The number of rotatable bonds is 4. The van der Waals surface area contributed by atoms with E-state index in [1.807, 2.05) is 6.92 Å². The Kier molecular flexibility index (Phi) is 4.85. The van der Waals surface area contributed by atoms with Crippen molar-refractivity contribution in [1.82, 2.24) is 0 Å². The standard InChI is InChI=1S/C12H11Cl3O/c1-3-7(2)11(12(15)16)8-4-5-9(13)10(14)6-8/h3-7,11H,1H2,2H3. The van der Waals surface area contributed by atoms with Crippen molar-refractivity contribution in [2.75, 3.05) is 0 Å². The molecule has 2 atom stereocenters. The molecule has 16 heavy (non-hydrogen) atoms. The van der Waals surface area contributed by atoms with E-state index in [0.29, 0.717) is 10.0 Å². The average molecular weight is 278 g/mol. The fourth-order valence-electron chi connectivity index (χ4n) is 1.48. The average Bonchev–Trinajstić information content (AvgIpc) is 2.22. The maximum absolute atomic E-state index is 11.4. The lowest BCUT2D eigenvalue weighted by Crippen LogP contribution is -2.14.